The van der Waals surface area contributed by atoms with E-state index in [2.05, 4.69) is 25.7 Å². The van der Waals surface area contributed by atoms with E-state index in [9.17, 15) is 4.79 Å². The molecule has 0 aromatic carbocycles. The predicted molar refractivity (Wildman–Crippen MR) is 89.7 cm³/mol. The Labute approximate surface area is 146 Å². The standard InChI is InChI=1S/C17H24N6O2/c1-11-13(8-19-20-11)7-18-16(24)17(2)10-25-9-14-21-22-15(23(14)17)12-5-3-4-6-12/h8,12H,3-7,9-10H2,1-2H3,(H,18,24)(H,19,20). The maximum atomic E-state index is 13.1. The summed E-state index contributed by atoms with van der Waals surface area (Å²) in [4.78, 5) is 13.1. The van der Waals surface area contributed by atoms with Crippen LogP contribution in [0.1, 0.15) is 61.4 Å². The van der Waals surface area contributed by atoms with Crippen molar-refractivity contribution in [3.8, 4) is 0 Å². The van der Waals surface area contributed by atoms with Gasteiger partial charge in [-0.1, -0.05) is 12.8 Å². The molecule has 3 heterocycles. The summed E-state index contributed by atoms with van der Waals surface area (Å²) < 4.78 is 7.70. The van der Waals surface area contributed by atoms with Crippen molar-refractivity contribution >= 4 is 5.91 Å². The fraction of sp³-hybridized carbons (Fsp3) is 0.647. The lowest BCUT2D eigenvalue weighted by Gasteiger charge is -2.35. The van der Waals surface area contributed by atoms with Crippen LogP contribution in [-0.2, 0) is 28.2 Å². The molecular weight excluding hydrogens is 320 g/mol. The van der Waals surface area contributed by atoms with Crippen molar-refractivity contribution in [2.45, 2.75) is 64.1 Å². The van der Waals surface area contributed by atoms with Crippen molar-refractivity contribution in [3.05, 3.63) is 29.1 Å². The molecule has 8 nitrogen and oxygen atoms in total. The van der Waals surface area contributed by atoms with Crippen LogP contribution in [0.5, 0.6) is 0 Å². The number of aryl methyl sites for hydroxylation is 1. The van der Waals surface area contributed by atoms with Gasteiger partial charge in [0.2, 0.25) is 5.91 Å². The molecular formula is C17H24N6O2. The van der Waals surface area contributed by atoms with E-state index in [0.717, 1.165) is 35.7 Å². The highest BCUT2D eigenvalue weighted by Gasteiger charge is 2.43. The summed E-state index contributed by atoms with van der Waals surface area (Å²) >= 11 is 0. The van der Waals surface area contributed by atoms with E-state index >= 15 is 0 Å². The molecule has 2 aromatic rings. The Morgan fingerprint density at radius 1 is 1.44 bits per heavy atom. The van der Waals surface area contributed by atoms with E-state index in [1.54, 1.807) is 6.20 Å². The number of H-pyrrole nitrogens is 1. The first-order chi connectivity index (χ1) is 12.1. The summed E-state index contributed by atoms with van der Waals surface area (Å²) in [6.45, 7) is 5.02. The SMILES string of the molecule is Cc1[nH]ncc1CNC(=O)C1(C)COCc2nnc(C3CCCC3)n21. The average molecular weight is 344 g/mol. The normalized spacial score (nSPS) is 23.6. The van der Waals surface area contributed by atoms with Gasteiger partial charge in [-0.05, 0) is 26.7 Å². The topological polar surface area (TPSA) is 97.7 Å². The number of amides is 1. The predicted octanol–water partition coefficient (Wildman–Crippen LogP) is 1.53. The fourth-order valence-corrected chi connectivity index (χ4v) is 3.90. The molecule has 0 saturated heterocycles. The quantitative estimate of drug-likeness (QED) is 0.876. The Hall–Kier alpha value is -2.22. The van der Waals surface area contributed by atoms with Gasteiger partial charge in [-0.3, -0.25) is 14.5 Å². The summed E-state index contributed by atoms with van der Waals surface area (Å²) in [6, 6.07) is 0. The van der Waals surface area contributed by atoms with E-state index in [1.807, 2.05) is 18.4 Å². The average Bonchev–Trinajstić information content (AvgIpc) is 3.33. The number of carbonyl (C=O) groups is 1. The van der Waals surface area contributed by atoms with Gasteiger partial charge in [-0.2, -0.15) is 5.10 Å². The van der Waals surface area contributed by atoms with E-state index < -0.39 is 5.54 Å². The molecule has 1 saturated carbocycles. The molecule has 1 aliphatic heterocycles. The molecule has 134 valence electrons. The molecule has 0 spiro atoms. The summed E-state index contributed by atoms with van der Waals surface area (Å²) in [5, 5.41) is 18.6. The van der Waals surface area contributed by atoms with Gasteiger partial charge in [-0.15, -0.1) is 10.2 Å². The molecule has 1 atom stereocenters. The lowest BCUT2D eigenvalue weighted by Crippen LogP contribution is -2.53. The molecule has 1 amide bonds. The largest absolute Gasteiger partial charge is 0.370 e. The zero-order valence-corrected chi connectivity index (χ0v) is 14.7. The zero-order chi connectivity index (χ0) is 17.4. The first-order valence-electron chi connectivity index (χ1n) is 8.89. The first-order valence-corrected chi connectivity index (χ1v) is 8.89. The Morgan fingerprint density at radius 2 is 2.24 bits per heavy atom. The van der Waals surface area contributed by atoms with Crippen LogP contribution in [0.2, 0.25) is 0 Å². The number of nitrogens with one attached hydrogen (secondary N) is 2. The minimum atomic E-state index is -0.827. The molecule has 25 heavy (non-hydrogen) atoms. The van der Waals surface area contributed by atoms with Gasteiger partial charge in [-0.25, -0.2) is 0 Å². The highest BCUT2D eigenvalue weighted by atomic mass is 16.5. The first kappa shape index (κ1) is 16.3. The van der Waals surface area contributed by atoms with Crippen LogP contribution >= 0.6 is 0 Å². The molecule has 1 fully saturated rings. The summed E-state index contributed by atoms with van der Waals surface area (Å²) in [5.74, 6) is 1.99. The third-order valence-corrected chi connectivity index (χ3v) is 5.45. The van der Waals surface area contributed by atoms with Crippen molar-refractivity contribution < 1.29 is 9.53 Å². The molecule has 2 aromatic heterocycles. The summed E-state index contributed by atoms with van der Waals surface area (Å²) in [6.07, 6.45) is 6.40. The number of aromatic amines is 1. The van der Waals surface area contributed by atoms with Crippen LogP contribution in [0.4, 0.5) is 0 Å². The number of hydrogen-bond donors (Lipinski definition) is 2. The maximum absolute atomic E-state index is 13.1. The van der Waals surface area contributed by atoms with Crippen LogP contribution < -0.4 is 5.32 Å². The van der Waals surface area contributed by atoms with Crippen molar-refractivity contribution in [1.29, 1.82) is 0 Å². The minimum absolute atomic E-state index is 0.0758. The van der Waals surface area contributed by atoms with Crippen molar-refractivity contribution in [2.75, 3.05) is 6.61 Å². The Morgan fingerprint density at radius 3 is 2.96 bits per heavy atom. The van der Waals surface area contributed by atoms with Crippen LogP contribution in [0.25, 0.3) is 0 Å². The van der Waals surface area contributed by atoms with Crippen LogP contribution in [0.15, 0.2) is 6.20 Å². The number of carbonyl (C=O) groups excluding carboxylic acids is 1. The van der Waals surface area contributed by atoms with E-state index in [1.165, 1.54) is 12.8 Å². The molecule has 0 bridgehead atoms. The Bertz CT molecular complexity index is 776. The van der Waals surface area contributed by atoms with Crippen molar-refractivity contribution in [2.24, 2.45) is 0 Å². The molecule has 2 aliphatic rings. The zero-order valence-electron chi connectivity index (χ0n) is 14.7. The van der Waals surface area contributed by atoms with Crippen LogP contribution in [-0.4, -0.2) is 37.5 Å². The number of aromatic nitrogens is 5. The molecule has 1 aliphatic carbocycles. The number of ether oxygens (including phenoxy) is 1. The van der Waals surface area contributed by atoms with Gasteiger partial charge in [0.05, 0.1) is 12.8 Å². The van der Waals surface area contributed by atoms with Gasteiger partial charge in [0.25, 0.3) is 0 Å². The number of rotatable bonds is 4. The second kappa shape index (κ2) is 6.25. The highest BCUT2D eigenvalue weighted by molar-refractivity contribution is 5.84. The fourth-order valence-electron chi connectivity index (χ4n) is 3.90. The molecule has 8 heteroatoms. The van der Waals surface area contributed by atoms with Crippen LogP contribution in [0, 0.1) is 6.92 Å². The van der Waals surface area contributed by atoms with Gasteiger partial charge >= 0.3 is 0 Å². The molecule has 4 rings (SSSR count). The third-order valence-electron chi connectivity index (χ3n) is 5.45. The Balaban J connectivity index is 1.60. The molecule has 2 N–H and O–H groups in total. The maximum Gasteiger partial charge on any atom is 0.248 e. The van der Waals surface area contributed by atoms with Crippen molar-refractivity contribution in [3.63, 3.8) is 0 Å². The summed E-state index contributed by atoms with van der Waals surface area (Å²) in [5.41, 5.74) is 1.11. The van der Waals surface area contributed by atoms with E-state index in [0.29, 0.717) is 25.7 Å². The van der Waals surface area contributed by atoms with Crippen LogP contribution in [0.3, 0.4) is 0 Å². The van der Waals surface area contributed by atoms with Gasteiger partial charge in [0.15, 0.2) is 5.82 Å². The second-order valence-electron chi connectivity index (χ2n) is 7.26. The number of fused-ring (bicyclic) bond motifs is 1. The van der Waals surface area contributed by atoms with Gasteiger partial charge in [0, 0.05) is 23.7 Å². The molecule has 1 unspecified atom stereocenters. The van der Waals surface area contributed by atoms with Gasteiger partial charge < -0.3 is 10.1 Å². The monoisotopic (exact) mass is 344 g/mol. The lowest BCUT2D eigenvalue weighted by molar-refractivity contribution is -0.135. The summed E-state index contributed by atoms with van der Waals surface area (Å²) in [7, 11) is 0. The second-order valence-corrected chi connectivity index (χ2v) is 7.26. The van der Waals surface area contributed by atoms with E-state index in [-0.39, 0.29) is 5.91 Å². The van der Waals surface area contributed by atoms with Gasteiger partial charge in [0.1, 0.15) is 18.0 Å². The minimum Gasteiger partial charge on any atom is -0.370 e. The number of hydrogen-bond acceptors (Lipinski definition) is 5. The van der Waals surface area contributed by atoms with E-state index in [4.69, 9.17) is 4.74 Å². The smallest absolute Gasteiger partial charge is 0.248 e. The molecule has 0 radical (unpaired) electrons. The highest BCUT2D eigenvalue weighted by Crippen LogP contribution is 2.37. The van der Waals surface area contributed by atoms with Crippen molar-refractivity contribution in [1.82, 2.24) is 30.3 Å². The lowest BCUT2D eigenvalue weighted by atomic mass is 9.97. The Kier molecular flexibility index (Phi) is 4.07. The number of nitrogens with zero attached hydrogens (tertiary/aromatic N) is 4. The third kappa shape index (κ3) is 2.74.